The molecule has 0 amide bonds. The molecule has 2 aliphatic rings. The largest absolute Gasteiger partial charge is 0.388 e. The zero-order valence-electron chi connectivity index (χ0n) is 8.92. The Morgan fingerprint density at radius 3 is 2.36 bits per heavy atom. The Morgan fingerprint density at radius 1 is 1.29 bits per heavy atom. The second kappa shape index (κ2) is 3.24. The van der Waals surface area contributed by atoms with Gasteiger partial charge in [0.25, 0.3) is 0 Å². The van der Waals surface area contributed by atoms with Crippen LogP contribution in [0.25, 0.3) is 0 Å². The van der Waals surface area contributed by atoms with E-state index in [2.05, 4.69) is 13.0 Å². The van der Waals surface area contributed by atoms with Crippen molar-refractivity contribution in [2.75, 3.05) is 0 Å². The van der Waals surface area contributed by atoms with Gasteiger partial charge in [0.1, 0.15) is 0 Å². The molecule has 1 N–H and O–H groups in total. The van der Waals surface area contributed by atoms with Gasteiger partial charge >= 0.3 is 0 Å². The predicted octanol–water partition coefficient (Wildman–Crippen LogP) is 2.62. The molecule has 78 valence electrons. The van der Waals surface area contributed by atoms with Crippen molar-refractivity contribution in [2.24, 2.45) is 11.3 Å². The maximum Gasteiger partial charge on any atom is 0.0860 e. The van der Waals surface area contributed by atoms with Crippen LogP contribution >= 0.6 is 0 Å². The van der Waals surface area contributed by atoms with E-state index in [0.717, 1.165) is 44.9 Å². The predicted molar refractivity (Wildman–Crippen MR) is 54.5 cm³/mol. The van der Waals surface area contributed by atoms with E-state index in [-0.39, 0.29) is 0 Å². The first kappa shape index (κ1) is 9.98. The summed E-state index contributed by atoms with van der Waals surface area (Å²) in [6.45, 7) is 2.18. The average molecular weight is 193 g/mol. The third-order valence-corrected chi connectivity index (χ3v) is 4.30. The van der Waals surface area contributed by atoms with E-state index in [0.29, 0.717) is 5.92 Å². The van der Waals surface area contributed by atoms with Gasteiger partial charge in [-0.3, -0.25) is 0 Å². The van der Waals surface area contributed by atoms with Gasteiger partial charge in [0.05, 0.1) is 17.1 Å². The lowest BCUT2D eigenvalue weighted by molar-refractivity contribution is -0.0493. The molecule has 2 fully saturated rings. The minimum atomic E-state index is -0.669. The smallest absolute Gasteiger partial charge is 0.0860 e. The standard InChI is InChI=1S/C12H19NO/c1-10-4-7-12(14,8-10)11(9-13)5-2-3-6-11/h10,14H,2-8H2,1H3. The van der Waals surface area contributed by atoms with Crippen LogP contribution < -0.4 is 0 Å². The summed E-state index contributed by atoms with van der Waals surface area (Å²) in [4.78, 5) is 0. The SMILES string of the molecule is CC1CCC(O)(C2(C#N)CCCC2)C1. The highest BCUT2D eigenvalue weighted by molar-refractivity contribution is 5.15. The van der Waals surface area contributed by atoms with Crippen molar-refractivity contribution in [2.45, 2.75) is 57.5 Å². The Bertz CT molecular complexity index is 262. The van der Waals surface area contributed by atoms with Crippen molar-refractivity contribution in [3.05, 3.63) is 0 Å². The maximum atomic E-state index is 10.6. The second-order valence-electron chi connectivity index (χ2n) is 5.28. The molecule has 2 atom stereocenters. The fourth-order valence-corrected chi connectivity index (χ4v) is 3.36. The van der Waals surface area contributed by atoms with Crippen LogP contribution in [-0.4, -0.2) is 10.7 Å². The number of hydrogen-bond donors (Lipinski definition) is 1. The van der Waals surface area contributed by atoms with E-state index in [1.165, 1.54) is 0 Å². The maximum absolute atomic E-state index is 10.6. The first-order valence-electron chi connectivity index (χ1n) is 5.76. The molecule has 14 heavy (non-hydrogen) atoms. The molecule has 2 heteroatoms. The molecule has 2 saturated carbocycles. The van der Waals surface area contributed by atoms with E-state index in [1.54, 1.807) is 0 Å². The van der Waals surface area contributed by atoms with Gasteiger partial charge in [0.15, 0.2) is 0 Å². The van der Waals surface area contributed by atoms with E-state index >= 15 is 0 Å². The third-order valence-electron chi connectivity index (χ3n) is 4.30. The van der Waals surface area contributed by atoms with E-state index in [1.807, 2.05) is 0 Å². The molecular formula is C12H19NO. The molecule has 0 aliphatic heterocycles. The normalized spacial score (nSPS) is 41.1. The summed E-state index contributed by atoms with van der Waals surface area (Å²) in [5, 5.41) is 19.9. The fraction of sp³-hybridized carbons (Fsp3) is 0.917. The molecule has 2 nitrogen and oxygen atoms in total. The number of aliphatic hydroxyl groups is 1. The molecule has 0 aromatic rings. The van der Waals surface area contributed by atoms with Gasteiger partial charge in [-0.2, -0.15) is 5.26 Å². The Kier molecular flexibility index (Phi) is 2.31. The molecule has 0 heterocycles. The quantitative estimate of drug-likeness (QED) is 0.695. The lowest BCUT2D eigenvalue weighted by Gasteiger charge is -2.37. The molecule has 0 spiro atoms. The summed E-state index contributed by atoms with van der Waals surface area (Å²) >= 11 is 0. The summed E-state index contributed by atoms with van der Waals surface area (Å²) in [6, 6.07) is 2.43. The Morgan fingerprint density at radius 2 is 1.93 bits per heavy atom. The summed E-state index contributed by atoms with van der Waals surface area (Å²) in [5.41, 5.74) is -1.07. The zero-order chi connectivity index (χ0) is 10.2. The van der Waals surface area contributed by atoms with Gasteiger partial charge in [-0.25, -0.2) is 0 Å². The van der Waals surface area contributed by atoms with Crippen molar-refractivity contribution in [1.82, 2.24) is 0 Å². The van der Waals surface area contributed by atoms with Crippen LogP contribution in [0, 0.1) is 22.7 Å². The third kappa shape index (κ3) is 1.26. The summed E-state index contributed by atoms with van der Waals surface area (Å²) in [7, 11) is 0. The van der Waals surface area contributed by atoms with Gasteiger partial charge in [0.2, 0.25) is 0 Å². The van der Waals surface area contributed by atoms with Crippen molar-refractivity contribution in [3.8, 4) is 6.07 Å². The van der Waals surface area contributed by atoms with Crippen LogP contribution in [0.4, 0.5) is 0 Å². The molecular weight excluding hydrogens is 174 g/mol. The highest BCUT2D eigenvalue weighted by Gasteiger charge is 2.54. The lowest BCUT2D eigenvalue weighted by atomic mass is 9.70. The Labute approximate surface area is 85.9 Å². The minimum absolute atomic E-state index is 0.405. The van der Waals surface area contributed by atoms with Crippen molar-refractivity contribution in [3.63, 3.8) is 0 Å². The fourth-order valence-electron chi connectivity index (χ4n) is 3.36. The van der Waals surface area contributed by atoms with E-state index in [9.17, 15) is 10.4 Å². The minimum Gasteiger partial charge on any atom is -0.388 e. The highest BCUT2D eigenvalue weighted by Crippen LogP contribution is 2.53. The Hall–Kier alpha value is -0.550. The number of nitriles is 1. The lowest BCUT2D eigenvalue weighted by Crippen LogP contribution is -2.43. The summed E-state index contributed by atoms with van der Waals surface area (Å²) < 4.78 is 0. The highest BCUT2D eigenvalue weighted by atomic mass is 16.3. The van der Waals surface area contributed by atoms with Crippen LogP contribution in [0.5, 0.6) is 0 Å². The molecule has 2 aliphatic carbocycles. The monoisotopic (exact) mass is 193 g/mol. The molecule has 0 aromatic heterocycles. The molecule has 0 saturated heterocycles. The molecule has 2 rings (SSSR count). The number of hydrogen-bond acceptors (Lipinski definition) is 2. The first-order chi connectivity index (χ1) is 6.62. The van der Waals surface area contributed by atoms with Gasteiger partial charge in [-0.15, -0.1) is 0 Å². The van der Waals surface area contributed by atoms with Gasteiger partial charge in [-0.05, 0) is 38.0 Å². The van der Waals surface area contributed by atoms with Gasteiger partial charge < -0.3 is 5.11 Å². The van der Waals surface area contributed by atoms with Crippen LogP contribution in [0.2, 0.25) is 0 Å². The van der Waals surface area contributed by atoms with Crippen molar-refractivity contribution >= 4 is 0 Å². The van der Waals surface area contributed by atoms with Crippen LogP contribution in [0.3, 0.4) is 0 Å². The van der Waals surface area contributed by atoms with Gasteiger partial charge in [0, 0.05) is 0 Å². The molecule has 0 radical (unpaired) electrons. The van der Waals surface area contributed by atoms with Gasteiger partial charge in [-0.1, -0.05) is 19.8 Å². The second-order valence-corrected chi connectivity index (χ2v) is 5.28. The van der Waals surface area contributed by atoms with Crippen molar-refractivity contribution < 1.29 is 5.11 Å². The number of rotatable bonds is 1. The van der Waals surface area contributed by atoms with Crippen LogP contribution in [-0.2, 0) is 0 Å². The van der Waals surface area contributed by atoms with Crippen LogP contribution in [0.1, 0.15) is 51.9 Å². The summed E-state index contributed by atoms with van der Waals surface area (Å²) in [6.07, 6.45) is 6.80. The molecule has 0 bridgehead atoms. The van der Waals surface area contributed by atoms with Crippen molar-refractivity contribution in [1.29, 1.82) is 5.26 Å². The Balaban J connectivity index is 2.24. The average Bonchev–Trinajstić information content (AvgIpc) is 2.74. The first-order valence-corrected chi connectivity index (χ1v) is 5.76. The van der Waals surface area contributed by atoms with E-state index < -0.39 is 11.0 Å². The molecule has 2 unspecified atom stereocenters. The number of nitrogens with zero attached hydrogens (tertiary/aromatic N) is 1. The topological polar surface area (TPSA) is 44.0 Å². The van der Waals surface area contributed by atoms with E-state index in [4.69, 9.17) is 0 Å². The van der Waals surface area contributed by atoms with Crippen LogP contribution in [0.15, 0.2) is 0 Å². The summed E-state index contributed by atoms with van der Waals surface area (Å²) in [5.74, 6) is 0.589. The molecule has 0 aromatic carbocycles. The zero-order valence-corrected chi connectivity index (χ0v) is 8.92.